The monoisotopic (exact) mass is 418 g/mol. The quantitative estimate of drug-likeness (QED) is 0.575. The zero-order chi connectivity index (χ0) is 21.3. The van der Waals surface area contributed by atoms with Crippen LogP contribution in [0.1, 0.15) is 26.3 Å². The SMILES string of the molecule is NC(=O)c1cccc(NC(=O)C(CSC(=O)c2ccccc2)Cc2ccccc2)c1. The van der Waals surface area contributed by atoms with Crippen LogP contribution in [0.2, 0.25) is 0 Å². The minimum atomic E-state index is -0.559. The molecule has 6 heteroatoms. The van der Waals surface area contributed by atoms with Crippen molar-refractivity contribution >= 4 is 34.4 Å². The first-order chi connectivity index (χ1) is 14.5. The largest absolute Gasteiger partial charge is 0.366 e. The van der Waals surface area contributed by atoms with E-state index in [-0.39, 0.29) is 11.0 Å². The Morgan fingerprint density at radius 2 is 1.47 bits per heavy atom. The number of amides is 2. The Morgan fingerprint density at radius 3 is 2.13 bits per heavy atom. The Labute approximate surface area is 179 Å². The molecule has 152 valence electrons. The second kappa shape index (κ2) is 10.4. The van der Waals surface area contributed by atoms with Crippen molar-refractivity contribution in [3.8, 4) is 0 Å². The second-order valence-corrected chi connectivity index (χ2v) is 7.78. The average Bonchev–Trinajstić information content (AvgIpc) is 2.77. The summed E-state index contributed by atoms with van der Waals surface area (Å²) >= 11 is 1.13. The number of nitrogens with one attached hydrogen (secondary N) is 1. The highest BCUT2D eigenvalue weighted by molar-refractivity contribution is 8.14. The van der Waals surface area contributed by atoms with Gasteiger partial charge in [0.2, 0.25) is 16.9 Å². The lowest BCUT2D eigenvalue weighted by molar-refractivity contribution is -0.119. The van der Waals surface area contributed by atoms with E-state index < -0.39 is 11.8 Å². The number of anilines is 1. The van der Waals surface area contributed by atoms with Crippen LogP contribution in [0.3, 0.4) is 0 Å². The molecule has 0 saturated heterocycles. The maximum atomic E-state index is 13.0. The number of carbonyl (C=O) groups is 3. The van der Waals surface area contributed by atoms with Crippen molar-refractivity contribution in [1.82, 2.24) is 0 Å². The smallest absolute Gasteiger partial charge is 0.248 e. The van der Waals surface area contributed by atoms with Gasteiger partial charge in [-0.3, -0.25) is 14.4 Å². The third kappa shape index (κ3) is 6.06. The van der Waals surface area contributed by atoms with Gasteiger partial charge in [-0.25, -0.2) is 0 Å². The minimum absolute atomic E-state index is 0.0720. The molecule has 0 aliphatic carbocycles. The third-order valence-corrected chi connectivity index (χ3v) is 5.60. The van der Waals surface area contributed by atoms with Gasteiger partial charge in [-0.2, -0.15) is 0 Å². The van der Waals surface area contributed by atoms with E-state index in [2.05, 4.69) is 5.32 Å². The van der Waals surface area contributed by atoms with E-state index in [1.165, 1.54) is 0 Å². The summed E-state index contributed by atoms with van der Waals surface area (Å²) in [5.74, 6) is -0.865. The van der Waals surface area contributed by atoms with Gasteiger partial charge in [0, 0.05) is 22.6 Å². The molecule has 0 aromatic heterocycles. The van der Waals surface area contributed by atoms with Crippen LogP contribution in [0.15, 0.2) is 84.9 Å². The van der Waals surface area contributed by atoms with Crippen LogP contribution in [0.4, 0.5) is 5.69 Å². The van der Waals surface area contributed by atoms with E-state index >= 15 is 0 Å². The number of primary amides is 1. The Hall–Kier alpha value is -3.38. The molecule has 0 radical (unpaired) electrons. The van der Waals surface area contributed by atoms with Gasteiger partial charge in [0.05, 0.1) is 5.92 Å². The fraction of sp³-hybridized carbons (Fsp3) is 0.125. The Kier molecular flexibility index (Phi) is 7.40. The zero-order valence-electron chi connectivity index (χ0n) is 16.3. The molecule has 0 aliphatic rings. The predicted molar refractivity (Wildman–Crippen MR) is 120 cm³/mol. The molecule has 0 aliphatic heterocycles. The standard InChI is InChI=1S/C24H22N2O3S/c25-22(27)19-12-7-13-21(15-19)26-23(28)20(14-17-8-3-1-4-9-17)16-30-24(29)18-10-5-2-6-11-18/h1-13,15,20H,14,16H2,(H2,25,27)(H,26,28). The van der Waals surface area contributed by atoms with E-state index in [1.54, 1.807) is 36.4 Å². The molecule has 0 spiro atoms. The van der Waals surface area contributed by atoms with Crippen LogP contribution < -0.4 is 11.1 Å². The molecule has 2 amide bonds. The topological polar surface area (TPSA) is 89.3 Å². The summed E-state index contributed by atoms with van der Waals surface area (Å²) in [5.41, 5.74) is 7.75. The summed E-state index contributed by atoms with van der Waals surface area (Å²) in [6.45, 7) is 0. The number of carbonyl (C=O) groups excluding carboxylic acids is 3. The van der Waals surface area contributed by atoms with Crippen molar-refractivity contribution in [3.63, 3.8) is 0 Å². The molecule has 3 aromatic carbocycles. The number of thioether (sulfide) groups is 1. The van der Waals surface area contributed by atoms with Gasteiger partial charge in [-0.1, -0.05) is 78.5 Å². The molecule has 3 N–H and O–H groups in total. The number of nitrogens with two attached hydrogens (primary N) is 1. The summed E-state index contributed by atoms with van der Waals surface area (Å²) in [4.78, 5) is 36.9. The summed E-state index contributed by atoms with van der Waals surface area (Å²) < 4.78 is 0. The second-order valence-electron chi connectivity index (χ2n) is 6.79. The van der Waals surface area contributed by atoms with Gasteiger partial charge in [-0.05, 0) is 30.2 Å². The normalized spacial score (nSPS) is 11.5. The first-order valence-electron chi connectivity index (χ1n) is 9.50. The van der Waals surface area contributed by atoms with Gasteiger partial charge in [-0.15, -0.1) is 0 Å². The van der Waals surface area contributed by atoms with E-state index in [1.807, 2.05) is 48.5 Å². The van der Waals surface area contributed by atoms with E-state index in [0.29, 0.717) is 29.0 Å². The highest BCUT2D eigenvalue weighted by Gasteiger charge is 2.21. The Balaban J connectivity index is 1.73. The van der Waals surface area contributed by atoms with Gasteiger partial charge < -0.3 is 11.1 Å². The van der Waals surface area contributed by atoms with Crippen LogP contribution in [0.5, 0.6) is 0 Å². The lowest BCUT2D eigenvalue weighted by Gasteiger charge is -2.17. The van der Waals surface area contributed by atoms with E-state index in [0.717, 1.165) is 17.3 Å². The fourth-order valence-electron chi connectivity index (χ4n) is 2.95. The molecule has 0 saturated carbocycles. The first kappa shape index (κ1) is 21.3. The number of hydrogen-bond donors (Lipinski definition) is 2. The summed E-state index contributed by atoms with van der Waals surface area (Å²) in [5, 5.41) is 2.78. The van der Waals surface area contributed by atoms with Gasteiger partial charge in [0.15, 0.2) is 0 Å². The third-order valence-electron chi connectivity index (χ3n) is 4.54. The summed E-state index contributed by atoms with van der Waals surface area (Å²) in [7, 11) is 0. The number of hydrogen-bond acceptors (Lipinski definition) is 4. The van der Waals surface area contributed by atoms with Crippen LogP contribution in [-0.4, -0.2) is 22.7 Å². The van der Waals surface area contributed by atoms with Crippen molar-refractivity contribution in [2.75, 3.05) is 11.1 Å². The Bertz CT molecular complexity index is 1020. The molecular formula is C24H22N2O3S. The number of rotatable bonds is 8. The van der Waals surface area contributed by atoms with Crippen molar-refractivity contribution in [1.29, 1.82) is 0 Å². The van der Waals surface area contributed by atoms with E-state index in [4.69, 9.17) is 5.73 Å². The fourth-order valence-corrected chi connectivity index (χ4v) is 3.88. The molecule has 3 rings (SSSR count). The number of benzene rings is 3. The highest BCUT2D eigenvalue weighted by atomic mass is 32.2. The van der Waals surface area contributed by atoms with Crippen LogP contribution in [0.25, 0.3) is 0 Å². The highest BCUT2D eigenvalue weighted by Crippen LogP contribution is 2.21. The Morgan fingerprint density at radius 1 is 0.833 bits per heavy atom. The summed E-state index contributed by atoms with van der Waals surface area (Å²) in [6, 6.07) is 25.2. The minimum Gasteiger partial charge on any atom is -0.366 e. The average molecular weight is 419 g/mol. The molecule has 5 nitrogen and oxygen atoms in total. The maximum Gasteiger partial charge on any atom is 0.248 e. The maximum absolute atomic E-state index is 13.0. The molecule has 0 bridgehead atoms. The lowest BCUT2D eigenvalue weighted by Crippen LogP contribution is -2.27. The van der Waals surface area contributed by atoms with Crippen molar-refractivity contribution in [2.45, 2.75) is 6.42 Å². The molecule has 1 unspecified atom stereocenters. The molecule has 3 aromatic rings. The van der Waals surface area contributed by atoms with Gasteiger partial charge >= 0.3 is 0 Å². The zero-order valence-corrected chi connectivity index (χ0v) is 17.1. The first-order valence-corrected chi connectivity index (χ1v) is 10.5. The molecule has 0 fully saturated rings. The van der Waals surface area contributed by atoms with Crippen molar-refractivity contribution < 1.29 is 14.4 Å². The van der Waals surface area contributed by atoms with Crippen molar-refractivity contribution in [3.05, 3.63) is 102 Å². The van der Waals surface area contributed by atoms with Crippen LogP contribution in [-0.2, 0) is 11.2 Å². The predicted octanol–water partition coefficient (Wildman–Crippen LogP) is 4.16. The molecule has 1 atom stereocenters. The van der Waals surface area contributed by atoms with Crippen LogP contribution >= 0.6 is 11.8 Å². The lowest BCUT2D eigenvalue weighted by atomic mass is 10.00. The molecule has 0 heterocycles. The van der Waals surface area contributed by atoms with Crippen LogP contribution in [0, 0.1) is 5.92 Å². The summed E-state index contributed by atoms with van der Waals surface area (Å²) in [6.07, 6.45) is 0.497. The molecule has 30 heavy (non-hydrogen) atoms. The van der Waals surface area contributed by atoms with Gasteiger partial charge in [0.25, 0.3) is 0 Å². The van der Waals surface area contributed by atoms with Gasteiger partial charge in [0.1, 0.15) is 0 Å². The van der Waals surface area contributed by atoms with Crippen molar-refractivity contribution in [2.24, 2.45) is 11.7 Å². The molecular weight excluding hydrogens is 396 g/mol. The van der Waals surface area contributed by atoms with E-state index in [9.17, 15) is 14.4 Å².